The average Bonchev–Trinajstić information content (AvgIpc) is 1.95. The van der Waals surface area contributed by atoms with E-state index in [2.05, 4.69) is 5.32 Å². The van der Waals surface area contributed by atoms with Crippen LogP contribution >= 0.6 is 0 Å². The average molecular weight is 269 g/mol. The second-order valence-electron chi connectivity index (χ2n) is 5.22. The van der Waals surface area contributed by atoms with Gasteiger partial charge in [-0.1, -0.05) is 6.92 Å². The van der Waals surface area contributed by atoms with Gasteiger partial charge >= 0.3 is 16.3 Å². The molecule has 1 unspecified atom stereocenters. The molecule has 0 spiro atoms. The van der Waals surface area contributed by atoms with Gasteiger partial charge in [0.2, 0.25) is 0 Å². The summed E-state index contributed by atoms with van der Waals surface area (Å²) in [6.07, 6.45) is -0.486. The van der Waals surface area contributed by atoms with Gasteiger partial charge in [0.25, 0.3) is 0 Å². The van der Waals surface area contributed by atoms with Crippen LogP contribution in [0.25, 0.3) is 0 Å². The molecule has 0 saturated heterocycles. The van der Waals surface area contributed by atoms with Crippen LogP contribution in [0.15, 0.2) is 0 Å². The zero-order valence-electron chi connectivity index (χ0n) is 10.8. The molecule has 0 saturated carbocycles. The molecule has 1 N–H and O–H groups in total. The first-order valence-electron chi connectivity index (χ1n) is 5.30. The van der Waals surface area contributed by atoms with Crippen LogP contribution in [0.5, 0.6) is 0 Å². The lowest BCUT2D eigenvalue weighted by Crippen LogP contribution is -2.51. The molecule has 0 aromatic carbocycles. The lowest BCUT2D eigenvalue weighted by Gasteiger charge is -2.29. The van der Waals surface area contributed by atoms with Gasteiger partial charge in [-0.3, -0.25) is 0 Å². The van der Waals surface area contributed by atoms with Crippen molar-refractivity contribution in [2.24, 2.45) is 0 Å². The van der Waals surface area contributed by atoms with Crippen molar-refractivity contribution in [3.8, 4) is 0 Å². The summed E-state index contributed by atoms with van der Waals surface area (Å²) < 4.78 is 38.8. The number of halogens is 1. The van der Waals surface area contributed by atoms with Crippen molar-refractivity contribution in [1.29, 1.82) is 0 Å². The summed E-state index contributed by atoms with van der Waals surface area (Å²) in [4.78, 5) is 11.5. The van der Waals surface area contributed by atoms with Crippen LogP contribution in [-0.4, -0.2) is 31.4 Å². The van der Waals surface area contributed by atoms with Crippen LogP contribution in [0.3, 0.4) is 0 Å². The highest BCUT2D eigenvalue weighted by Crippen LogP contribution is 2.15. The van der Waals surface area contributed by atoms with E-state index in [1.165, 1.54) is 6.92 Å². The molecule has 7 heteroatoms. The molecule has 0 aliphatic rings. The third-order valence-corrected chi connectivity index (χ3v) is 3.06. The first-order valence-corrected chi connectivity index (χ1v) is 6.86. The molecule has 0 aromatic heterocycles. The first kappa shape index (κ1) is 16.1. The summed E-state index contributed by atoms with van der Waals surface area (Å²) in [6, 6.07) is 0. The second-order valence-corrected chi connectivity index (χ2v) is 6.59. The monoisotopic (exact) mass is 269 g/mol. The van der Waals surface area contributed by atoms with Crippen molar-refractivity contribution < 1.29 is 21.8 Å². The van der Waals surface area contributed by atoms with E-state index in [-0.39, 0.29) is 6.42 Å². The zero-order valence-corrected chi connectivity index (χ0v) is 11.6. The molecule has 0 aromatic rings. The number of alkyl carbamates (subject to hydrolysis) is 1. The number of hydrogen-bond acceptors (Lipinski definition) is 4. The van der Waals surface area contributed by atoms with Crippen LogP contribution in [0.4, 0.5) is 8.68 Å². The topological polar surface area (TPSA) is 72.5 Å². The summed E-state index contributed by atoms with van der Waals surface area (Å²) in [5.74, 6) is -0.768. The maximum atomic E-state index is 12.6. The molecule has 1 amide bonds. The highest BCUT2D eigenvalue weighted by molar-refractivity contribution is 7.86. The summed E-state index contributed by atoms with van der Waals surface area (Å²) in [7, 11) is -4.65. The van der Waals surface area contributed by atoms with Crippen molar-refractivity contribution in [3.63, 3.8) is 0 Å². The molecule has 0 aliphatic carbocycles. The number of nitrogens with one attached hydrogen (secondary N) is 1. The minimum absolute atomic E-state index is 0.273. The first-order chi connectivity index (χ1) is 7.37. The van der Waals surface area contributed by atoms with E-state index in [1.54, 1.807) is 27.7 Å². The fraction of sp³-hybridized carbons (Fsp3) is 0.900. The standard InChI is InChI=1S/C10H20FNO4S/c1-6-10(5,7-17(11,14)15)12-8(13)16-9(2,3)4/h6-7H2,1-5H3,(H,12,13). The van der Waals surface area contributed by atoms with E-state index >= 15 is 0 Å². The molecule has 5 nitrogen and oxygen atoms in total. The van der Waals surface area contributed by atoms with E-state index in [0.29, 0.717) is 0 Å². The van der Waals surface area contributed by atoms with Crippen molar-refractivity contribution in [1.82, 2.24) is 5.32 Å². The third-order valence-electron chi connectivity index (χ3n) is 2.07. The Balaban J connectivity index is 4.65. The number of rotatable bonds is 4. The predicted octanol–water partition coefficient (Wildman–Crippen LogP) is 1.98. The quantitative estimate of drug-likeness (QED) is 0.792. The van der Waals surface area contributed by atoms with Gasteiger partial charge in [0.1, 0.15) is 11.4 Å². The predicted molar refractivity (Wildman–Crippen MR) is 63.0 cm³/mol. The summed E-state index contributed by atoms with van der Waals surface area (Å²) in [6.45, 7) is 8.15. The van der Waals surface area contributed by atoms with Crippen LogP contribution in [0.1, 0.15) is 41.0 Å². The third kappa shape index (κ3) is 7.95. The Morgan fingerprint density at radius 1 is 1.29 bits per heavy atom. The van der Waals surface area contributed by atoms with Crippen LogP contribution in [0, 0.1) is 0 Å². The maximum Gasteiger partial charge on any atom is 0.408 e. The number of carbonyl (C=O) groups excluding carboxylic acids is 1. The molecule has 17 heavy (non-hydrogen) atoms. The molecule has 0 aliphatic heterocycles. The van der Waals surface area contributed by atoms with Gasteiger partial charge in [-0.25, -0.2) is 4.79 Å². The summed E-state index contributed by atoms with van der Waals surface area (Å²) >= 11 is 0. The normalized spacial score (nSPS) is 16.1. The van der Waals surface area contributed by atoms with Gasteiger partial charge in [0.15, 0.2) is 0 Å². The van der Waals surface area contributed by atoms with Crippen LogP contribution in [0.2, 0.25) is 0 Å². The Bertz CT molecular complexity index is 374. The van der Waals surface area contributed by atoms with E-state index in [1.807, 2.05) is 0 Å². The Morgan fingerprint density at radius 3 is 2.06 bits per heavy atom. The Kier molecular flexibility index (Phi) is 4.94. The van der Waals surface area contributed by atoms with Gasteiger partial charge < -0.3 is 10.1 Å². The molecule has 0 rings (SSSR count). The maximum absolute atomic E-state index is 12.6. The highest BCUT2D eigenvalue weighted by Gasteiger charge is 2.32. The SMILES string of the molecule is CCC(C)(CS(=O)(=O)F)NC(=O)OC(C)(C)C. The van der Waals surface area contributed by atoms with Crippen molar-refractivity contribution in [2.45, 2.75) is 52.2 Å². The Morgan fingerprint density at radius 2 is 1.76 bits per heavy atom. The van der Waals surface area contributed by atoms with Crippen LogP contribution < -0.4 is 5.32 Å². The molecule has 102 valence electrons. The summed E-state index contributed by atoms with van der Waals surface area (Å²) in [5.41, 5.74) is -1.86. The fourth-order valence-electron chi connectivity index (χ4n) is 1.16. The lowest BCUT2D eigenvalue weighted by molar-refractivity contribution is 0.0472. The highest BCUT2D eigenvalue weighted by atomic mass is 32.3. The number of carbonyl (C=O) groups is 1. The Labute approximate surface area is 102 Å². The number of ether oxygens (including phenoxy) is 1. The smallest absolute Gasteiger partial charge is 0.408 e. The van der Waals surface area contributed by atoms with E-state index in [0.717, 1.165) is 0 Å². The molecule has 0 heterocycles. The Hall–Kier alpha value is -0.850. The van der Waals surface area contributed by atoms with Gasteiger partial charge in [0.05, 0.1) is 5.54 Å². The van der Waals surface area contributed by atoms with Crippen LogP contribution in [-0.2, 0) is 15.0 Å². The van der Waals surface area contributed by atoms with Crippen molar-refractivity contribution in [3.05, 3.63) is 0 Å². The van der Waals surface area contributed by atoms with Gasteiger partial charge in [-0.2, -0.15) is 8.42 Å². The fourth-order valence-corrected chi connectivity index (χ4v) is 2.19. The van der Waals surface area contributed by atoms with Crippen molar-refractivity contribution in [2.75, 3.05) is 5.75 Å². The van der Waals surface area contributed by atoms with E-state index in [4.69, 9.17) is 4.74 Å². The minimum Gasteiger partial charge on any atom is -0.444 e. The second kappa shape index (κ2) is 5.20. The molecule has 1 atom stereocenters. The molecule has 0 fully saturated rings. The number of hydrogen-bond donors (Lipinski definition) is 1. The summed E-state index contributed by atoms with van der Waals surface area (Å²) in [5, 5.41) is 2.38. The van der Waals surface area contributed by atoms with Gasteiger partial charge in [-0.05, 0) is 34.1 Å². The number of amides is 1. The lowest BCUT2D eigenvalue weighted by atomic mass is 10.0. The zero-order chi connectivity index (χ0) is 13.9. The molecular formula is C10H20FNO4S. The van der Waals surface area contributed by atoms with Gasteiger partial charge in [-0.15, -0.1) is 3.89 Å². The van der Waals surface area contributed by atoms with E-state index < -0.39 is 33.2 Å². The minimum atomic E-state index is -4.65. The van der Waals surface area contributed by atoms with Gasteiger partial charge in [0, 0.05) is 0 Å². The molecule has 0 bridgehead atoms. The molecular weight excluding hydrogens is 249 g/mol. The van der Waals surface area contributed by atoms with Crippen molar-refractivity contribution >= 4 is 16.3 Å². The molecule has 0 radical (unpaired) electrons. The van der Waals surface area contributed by atoms with E-state index in [9.17, 15) is 17.1 Å². The largest absolute Gasteiger partial charge is 0.444 e.